The molecule has 0 amide bonds. The normalized spacial score (nSPS) is 10.8. The lowest BCUT2D eigenvalue weighted by Gasteiger charge is -2.03. The van der Waals surface area contributed by atoms with Crippen molar-refractivity contribution in [1.82, 2.24) is 0 Å². The largest absolute Gasteiger partial charge is 0.382 e. The van der Waals surface area contributed by atoms with E-state index in [2.05, 4.69) is 6.92 Å². The van der Waals surface area contributed by atoms with Gasteiger partial charge in [-0.1, -0.05) is 51.9 Å². The van der Waals surface area contributed by atoms with Gasteiger partial charge in [-0.2, -0.15) is 0 Å². The van der Waals surface area contributed by atoms with Gasteiger partial charge in [-0.05, 0) is 6.42 Å². The number of carbonyl (C=O) groups is 1. The summed E-state index contributed by atoms with van der Waals surface area (Å²) in [5, 5.41) is 0. The zero-order valence-corrected chi connectivity index (χ0v) is 12.2. The van der Waals surface area contributed by atoms with E-state index in [9.17, 15) is 4.79 Å². The summed E-state index contributed by atoms with van der Waals surface area (Å²) in [4.78, 5) is 11.4. The minimum Gasteiger partial charge on any atom is -0.382 e. The van der Waals surface area contributed by atoms with E-state index < -0.39 is 0 Å². The Morgan fingerprint density at radius 2 is 1.50 bits per heavy atom. The second kappa shape index (κ2) is 14.7. The Hall–Kier alpha value is -0.410. The van der Waals surface area contributed by atoms with E-state index in [0.29, 0.717) is 19.6 Å². The summed E-state index contributed by atoms with van der Waals surface area (Å²) in [6, 6.07) is 0. The van der Waals surface area contributed by atoms with Gasteiger partial charge >= 0.3 is 0 Å². The number of hydrogen-bond donors (Lipinski definition) is 0. The summed E-state index contributed by atoms with van der Waals surface area (Å²) < 4.78 is 10.0. The maximum Gasteiger partial charge on any atom is 0.158 e. The molecule has 3 heteroatoms. The van der Waals surface area contributed by atoms with Gasteiger partial charge in [-0.25, -0.2) is 0 Å². The lowest BCUT2D eigenvalue weighted by atomic mass is 10.1. The fourth-order valence-corrected chi connectivity index (χ4v) is 1.86. The first kappa shape index (κ1) is 17.6. The topological polar surface area (TPSA) is 35.5 Å². The van der Waals surface area contributed by atoms with Crippen LogP contribution in [-0.4, -0.2) is 32.7 Å². The van der Waals surface area contributed by atoms with Gasteiger partial charge in [-0.3, -0.25) is 4.79 Å². The summed E-state index contributed by atoms with van der Waals surface area (Å²) >= 11 is 0. The standard InChI is InChI=1S/C15H30O3/c1-3-4-5-6-7-8-9-10-11-15(16)14-18-13-12-17-2/h3-14H2,1-2H3. The van der Waals surface area contributed by atoms with Gasteiger partial charge in [0.1, 0.15) is 6.61 Å². The van der Waals surface area contributed by atoms with Crippen LogP contribution in [0.5, 0.6) is 0 Å². The molecule has 3 nitrogen and oxygen atoms in total. The highest BCUT2D eigenvalue weighted by atomic mass is 16.5. The average Bonchev–Trinajstić information content (AvgIpc) is 2.38. The average molecular weight is 258 g/mol. The van der Waals surface area contributed by atoms with E-state index in [1.165, 1.54) is 44.9 Å². The lowest BCUT2D eigenvalue weighted by molar-refractivity contribution is -0.124. The van der Waals surface area contributed by atoms with Crippen LogP contribution in [0.2, 0.25) is 0 Å². The third kappa shape index (κ3) is 13.7. The molecule has 18 heavy (non-hydrogen) atoms. The molecule has 0 fully saturated rings. The first-order valence-corrected chi connectivity index (χ1v) is 7.39. The van der Waals surface area contributed by atoms with Gasteiger partial charge in [0.05, 0.1) is 13.2 Å². The molecule has 108 valence electrons. The van der Waals surface area contributed by atoms with Crippen molar-refractivity contribution in [2.45, 2.75) is 64.7 Å². The molecule has 0 saturated heterocycles. The highest BCUT2D eigenvalue weighted by Crippen LogP contribution is 2.09. The van der Waals surface area contributed by atoms with Gasteiger partial charge < -0.3 is 9.47 Å². The number of rotatable bonds is 14. The molecule has 0 radical (unpaired) electrons. The van der Waals surface area contributed by atoms with Crippen LogP contribution in [0, 0.1) is 0 Å². The monoisotopic (exact) mass is 258 g/mol. The van der Waals surface area contributed by atoms with Crippen LogP contribution in [0.25, 0.3) is 0 Å². The first-order valence-electron chi connectivity index (χ1n) is 7.39. The quantitative estimate of drug-likeness (QED) is 0.445. The fraction of sp³-hybridized carbons (Fsp3) is 0.933. The molecule has 0 heterocycles. The molecule has 0 spiro atoms. The number of unbranched alkanes of at least 4 members (excludes halogenated alkanes) is 7. The third-order valence-corrected chi connectivity index (χ3v) is 3.00. The Morgan fingerprint density at radius 1 is 0.889 bits per heavy atom. The number of Topliss-reactive ketones (excluding diaryl/α,β-unsaturated/α-hetero) is 1. The Morgan fingerprint density at radius 3 is 2.11 bits per heavy atom. The number of ether oxygens (including phenoxy) is 2. The molecule has 0 N–H and O–H groups in total. The zero-order chi connectivity index (χ0) is 13.5. The molecular weight excluding hydrogens is 228 g/mol. The fourth-order valence-electron chi connectivity index (χ4n) is 1.86. The lowest BCUT2D eigenvalue weighted by Crippen LogP contribution is -2.11. The third-order valence-electron chi connectivity index (χ3n) is 3.00. The highest BCUT2D eigenvalue weighted by Gasteiger charge is 2.01. The predicted molar refractivity (Wildman–Crippen MR) is 74.9 cm³/mol. The van der Waals surface area contributed by atoms with Crippen LogP contribution in [0.1, 0.15) is 64.7 Å². The minimum atomic E-state index is 0.220. The molecule has 0 atom stereocenters. The van der Waals surface area contributed by atoms with E-state index in [4.69, 9.17) is 9.47 Å². The van der Waals surface area contributed by atoms with Crippen LogP contribution in [0.4, 0.5) is 0 Å². The molecule has 0 unspecified atom stereocenters. The van der Waals surface area contributed by atoms with Crippen LogP contribution in [0.15, 0.2) is 0 Å². The molecule has 0 rings (SSSR count). The van der Waals surface area contributed by atoms with Crippen LogP contribution in [0.3, 0.4) is 0 Å². The van der Waals surface area contributed by atoms with Crippen LogP contribution in [-0.2, 0) is 14.3 Å². The van der Waals surface area contributed by atoms with Crippen LogP contribution >= 0.6 is 0 Å². The number of ketones is 1. The predicted octanol–water partition coefficient (Wildman–Crippen LogP) is 3.75. The maximum atomic E-state index is 11.4. The van der Waals surface area contributed by atoms with E-state index in [1.807, 2.05) is 0 Å². The Kier molecular flexibility index (Phi) is 14.3. The molecule has 0 aromatic rings. The summed E-state index contributed by atoms with van der Waals surface area (Å²) in [5.74, 6) is 0.220. The molecule has 0 aliphatic carbocycles. The summed E-state index contributed by atoms with van der Waals surface area (Å²) in [6.45, 7) is 3.56. The van der Waals surface area contributed by atoms with Gasteiger partial charge in [0.15, 0.2) is 5.78 Å². The molecule has 0 aliphatic rings. The van der Waals surface area contributed by atoms with Crippen molar-refractivity contribution in [3.05, 3.63) is 0 Å². The van der Waals surface area contributed by atoms with Crippen molar-refractivity contribution < 1.29 is 14.3 Å². The highest BCUT2D eigenvalue weighted by molar-refractivity contribution is 5.79. The number of carbonyl (C=O) groups excluding carboxylic acids is 1. The minimum absolute atomic E-state index is 0.220. The smallest absolute Gasteiger partial charge is 0.158 e. The van der Waals surface area contributed by atoms with E-state index in [0.717, 1.165) is 6.42 Å². The molecule has 0 bridgehead atoms. The van der Waals surface area contributed by atoms with Gasteiger partial charge in [0.25, 0.3) is 0 Å². The van der Waals surface area contributed by atoms with Crippen molar-refractivity contribution in [3.63, 3.8) is 0 Å². The van der Waals surface area contributed by atoms with Crippen molar-refractivity contribution in [1.29, 1.82) is 0 Å². The molecule has 0 saturated carbocycles. The van der Waals surface area contributed by atoms with Gasteiger partial charge in [0, 0.05) is 13.5 Å². The first-order chi connectivity index (χ1) is 8.81. The zero-order valence-electron chi connectivity index (χ0n) is 12.2. The number of methoxy groups -OCH3 is 1. The SMILES string of the molecule is CCCCCCCCCCC(=O)COCCOC. The Bertz CT molecular complexity index is 181. The van der Waals surface area contributed by atoms with Gasteiger partial charge in [-0.15, -0.1) is 0 Å². The second-order valence-corrected chi connectivity index (χ2v) is 4.81. The second-order valence-electron chi connectivity index (χ2n) is 4.81. The Balaban J connectivity index is 3.10. The molecular formula is C15H30O3. The van der Waals surface area contributed by atoms with Crippen molar-refractivity contribution >= 4 is 5.78 Å². The summed E-state index contributed by atoms with van der Waals surface area (Å²) in [5.41, 5.74) is 0. The van der Waals surface area contributed by atoms with E-state index >= 15 is 0 Å². The summed E-state index contributed by atoms with van der Waals surface area (Å²) in [7, 11) is 1.63. The van der Waals surface area contributed by atoms with Crippen LogP contribution < -0.4 is 0 Å². The maximum absolute atomic E-state index is 11.4. The van der Waals surface area contributed by atoms with Crippen molar-refractivity contribution in [2.75, 3.05) is 26.9 Å². The van der Waals surface area contributed by atoms with Crippen molar-refractivity contribution in [2.24, 2.45) is 0 Å². The van der Waals surface area contributed by atoms with E-state index in [1.54, 1.807) is 7.11 Å². The molecule has 0 aromatic carbocycles. The summed E-state index contributed by atoms with van der Waals surface area (Å²) in [6.07, 6.45) is 10.8. The molecule has 0 aliphatic heterocycles. The van der Waals surface area contributed by atoms with Gasteiger partial charge in [0.2, 0.25) is 0 Å². The van der Waals surface area contributed by atoms with Crippen molar-refractivity contribution in [3.8, 4) is 0 Å². The Labute approximate surface area is 112 Å². The number of hydrogen-bond acceptors (Lipinski definition) is 3. The molecule has 0 aromatic heterocycles. The van der Waals surface area contributed by atoms with E-state index in [-0.39, 0.29) is 12.4 Å².